The molecule has 2 aromatic heterocycles. The highest BCUT2D eigenvalue weighted by molar-refractivity contribution is 7.32. The van der Waals surface area contributed by atoms with Crippen LogP contribution in [-0.4, -0.2) is 64.9 Å². The zero-order chi connectivity index (χ0) is 22.2. The molecule has 2 unspecified atom stereocenters. The normalized spacial score (nSPS) is 26.2. The topological polar surface area (TPSA) is 169 Å². The van der Waals surface area contributed by atoms with Gasteiger partial charge in [-0.15, -0.1) is 9.42 Å². The van der Waals surface area contributed by atoms with E-state index in [-0.39, 0.29) is 22.9 Å². The highest BCUT2D eigenvalue weighted by Gasteiger charge is 2.57. The number of imidazole rings is 1. The van der Waals surface area contributed by atoms with Gasteiger partial charge in [-0.05, 0) is 19.1 Å². The van der Waals surface area contributed by atoms with Crippen LogP contribution in [0.25, 0.3) is 11.2 Å². The van der Waals surface area contributed by atoms with Crippen molar-refractivity contribution in [1.82, 2.24) is 19.5 Å². The van der Waals surface area contributed by atoms with E-state index < -0.39 is 38.9 Å². The largest absolute Gasteiger partial charge is 0.695 e. The average molecular weight is 448 g/mol. The molecule has 0 spiro atoms. The number of aliphatic hydroxyl groups is 2. The molecule has 0 radical (unpaired) electrons. The first-order valence-corrected chi connectivity index (χ1v) is 10.3. The zero-order valence-corrected chi connectivity index (χ0v) is 17.1. The van der Waals surface area contributed by atoms with Gasteiger partial charge in [-0.3, -0.25) is 9.36 Å². The predicted octanol–water partition coefficient (Wildman–Crippen LogP) is 0.754. The predicted molar refractivity (Wildman–Crippen MR) is 106 cm³/mol. The molecule has 0 bridgehead atoms. The van der Waals surface area contributed by atoms with E-state index in [1.165, 1.54) is 24.1 Å². The third-order valence-corrected chi connectivity index (χ3v) is 5.42. The van der Waals surface area contributed by atoms with Gasteiger partial charge in [0.05, 0.1) is 12.9 Å². The molecule has 31 heavy (non-hydrogen) atoms. The molecule has 4 rings (SSSR count). The molecule has 0 aliphatic carbocycles. The van der Waals surface area contributed by atoms with Crippen molar-refractivity contribution in [2.45, 2.75) is 31.0 Å². The van der Waals surface area contributed by atoms with Gasteiger partial charge in [-0.25, -0.2) is 15.0 Å². The van der Waals surface area contributed by atoms with E-state index in [1.54, 1.807) is 30.3 Å². The Hall–Kier alpha value is -2.86. The van der Waals surface area contributed by atoms with Crippen LogP contribution >= 0.6 is 8.25 Å². The number of ether oxygens (including phenoxy) is 1. The minimum Gasteiger partial charge on any atom is -0.393 e. The summed E-state index contributed by atoms with van der Waals surface area (Å²) in [5.74, 6) is -0.235. The third kappa shape index (κ3) is 3.92. The van der Waals surface area contributed by atoms with E-state index in [0.717, 1.165) is 0 Å². The molecule has 13 heteroatoms. The van der Waals surface area contributed by atoms with Crippen molar-refractivity contribution in [3.63, 3.8) is 0 Å². The lowest BCUT2D eigenvalue weighted by Gasteiger charge is -2.24. The van der Waals surface area contributed by atoms with Gasteiger partial charge < -0.3 is 20.3 Å². The lowest BCUT2D eigenvalue weighted by atomic mass is 9.99. The number of hydrogen-bond donors (Lipinski definition) is 4. The fourth-order valence-corrected chi connectivity index (χ4v) is 3.98. The van der Waals surface area contributed by atoms with Crippen LogP contribution < -0.4 is 5.32 Å². The van der Waals surface area contributed by atoms with E-state index in [2.05, 4.69) is 20.3 Å². The summed E-state index contributed by atoms with van der Waals surface area (Å²) in [5, 5.41) is 23.1. The Bertz CT molecular complexity index is 1130. The van der Waals surface area contributed by atoms with Gasteiger partial charge in [0.2, 0.25) is 0 Å². The van der Waals surface area contributed by atoms with Crippen LogP contribution in [0.1, 0.15) is 23.5 Å². The Balaban J connectivity index is 1.66. The van der Waals surface area contributed by atoms with E-state index in [1.807, 2.05) is 0 Å². The van der Waals surface area contributed by atoms with Crippen molar-refractivity contribution in [2.24, 2.45) is 0 Å². The minimum absolute atomic E-state index is 0.154. The first kappa shape index (κ1) is 21.4. The molecule has 1 fully saturated rings. The molecule has 3 heterocycles. The number of nitrogens with zero attached hydrogens (tertiary/aromatic N) is 4. The molecular weight excluding hydrogens is 429 g/mol. The summed E-state index contributed by atoms with van der Waals surface area (Å²) < 4.78 is 23.2. The SMILES string of the molecule is CC1(CO)O[C@@H](n2cnc3c(NC(=O)c4ccccc4)ncnc32)[C@H](O)[C@@H]1O[P+](=O)O. The summed E-state index contributed by atoms with van der Waals surface area (Å²) in [7, 11) is -3.05. The zero-order valence-electron chi connectivity index (χ0n) is 16.2. The number of anilines is 1. The lowest BCUT2D eigenvalue weighted by molar-refractivity contribution is -0.112. The molecule has 1 aliphatic rings. The minimum atomic E-state index is -3.05. The van der Waals surface area contributed by atoms with Gasteiger partial charge in [0.25, 0.3) is 5.91 Å². The molecule has 0 saturated carbocycles. The fraction of sp³-hybridized carbons (Fsp3) is 0.333. The van der Waals surface area contributed by atoms with Crippen LogP contribution in [0.5, 0.6) is 0 Å². The van der Waals surface area contributed by atoms with Gasteiger partial charge in [0.15, 0.2) is 29.3 Å². The maximum absolute atomic E-state index is 12.5. The van der Waals surface area contributed by atoms with Gasteiger partial charge in [0, 0.05) is 10.1 Å². The number of fused-ring (bicyclic) bond motifs is 1. The van der Waals surface area contributed by atoms with Crippen molar-refractivity contribution in [1.29, 1.82) is 0 Å². The molecule has 1 aliphatic heterocycles. The van der Waals surface area contributed by atoms with Crippen LogP contribution in [0, 0.1) is 0 Å². The summed E-state index contributed by atoms with van der Waals surface area (Å²) >= 11 is 0. The molecule has 1 saturated heterocycles. The Morgan fingerprint density at radius 3 is 2.74 bits per heavy atom. The van der Waals surface area contributed by atoms with E-state index in [4.69, 9.17) is 14.2 Å². The monoisotopic (exact) mass is 448 g/mol. The summed E-state index contributed by atoms with van der Waals surface area (Å²) in [6, 6.07) is 8.55. The summed E-state index contributed by atoms with van der Waals surface area (Å²) in [6.45, 7) is 0.869. The van der Waals surface area contributed by atoms with E-state index in [9.17, 15) is 19.6 Å². The number of nitrogens with one attached hydrogen (secondary N) is 1. The van der Waals surface area contributed by atoms with Crippen LogP contribution in [0.2, 0.25) is 0 Å². The van der Waals surface area contributed by atoms with Gasteiger partial charge >= 0.3 is 8.25 Å². The second-order valence-corrected chi connectivity index (χ2v) is 7.79. The fourth-order valence-electron chi connectivity index (χ4n) is 3.44. The number of hydrogen-bond acceptors (Lipinski definition) is 9. The van der Waals surface area contributed by atoms with Crippen LogP contribution in [0.4, 0.5) is 5.82 Å². The smallest absolute Gasteiger partial charge is 0.393 e. The third-order valence-electron chi connectivity index (χ3n) is 5.01. The standard InChI is InChI=1S/C18H18N5O7P/c1-18(7-24)13(30-31(27)28)12(25)17(29-18)23-9-21-11-14(19-8-20-15(11)23)22-16(26)10-5-3-2-4-6-10/h2-6,8-9,12-13,17,24-25H,7H2,1H3,(H-,19,20,22,26,27,28)/p+1/t12-,13+,17-,18?/m1/s1. The second-order valence-electron chi connectivity index (χ2n) is 7.10. The number of carbonyl (C=O) groups is 1. The van der Waals surface area contributed by atoms with Gasteiger partial charge in [0.1, 0.15) is 18.0 Å². The quantitative estimate of drug-likeness (QED) is 0.395. The second kappa shape index (κ2) is 8.35. The van der Waals surface area contributed by atoms with Gasteiger partial charge in [-0.2, -0.15) is 0 Å². The molecule has 162 valence electrons. The Labute approximate surface area is 176 Å². The first-order chi connectivity index (χ1) is 14.8. The number of aliphatic hydroxyl groups excluding tert-OH is 2. The number of rotatable bonds is 6. The first-order valence-electron chi connectivity index (χ1n) is 9.17. The van der Waals surface area contributed by atoms with Crippen LogP contribution in [0.15, 0.2) is 43.0 Å². The summed E-state index contributed by atoms with van der Waals surface area (Å²) in [5.41, 5.74) is -0.547. The number of benzene rings is 1. The number of carbonyl (C=O) groups excluding carboxylic acids is 1. The Morgan fingerprint density at radius 1 is 1.32 bits per heavy atom. The van der Waals surface area contributed by atoms with Crippen molar-refractivity contribution >= 4 is 31.1 Å². The van der Waals surface area contributed by atoms with Crippen molar-refractivity contribution < 1.29 is 33.7 Å². The molecule has 1 amide bonds. The van der Waals surface area contributed by atoms with E-state index in [0.29, 0.717) is 5.56 Å². The summed E-state index contributed by atoms with van der Waals surface area (Å²) in [6.07, 6.45) is -1.29. The summed E-state index contributed by atoms with van der Waals surface area (Å²) in [4.78, 5) is 34.1. The average Bonchev–Trinajstić information content (AvgIpc) is 3.30. The van der Waals surface area contributed by atoms with Gasteiger partial charge in [-0.1, -0.05) is 18.2 Å². The van der Waals surface area contributed by atoms with Crippen molar-refractivity contribution in [3.05, 3.63) is 48.5 Å². The Morgan fingerprint density at radius 2 is 2.06 bits per heavy atom. The van der Waals surface area contributed by atoms with Crippen molar-refractivity contribution in [2.75, 3.05) is 11.9 Å². The highest BCUT2D eigenvalue weighted by atomic mass is 31.1. The maximum atomic E-state index is 12.5. The highest BCUT2D eigenvalue weighted by Crippen LogP contribution is 2.42. The van der Waals surface area contributed by atoms with Crippen LogP contribution in [-0.2, 0) is 13.8 Å². The van der Waals surface area contributed by atoms with Crippen LogP contribution in [0.3, 0.4) is 0 Å². The number of amides is 1. The molecule has 4 N–H and O–H groups in total. The Kier molecular flexibility index (Phi) is 5.75. The molecular formula is C18H19N5O7P+. The molecule has 12 nitrogen and oxygen atoms in total. The molecule has 1 aromatic carbocycles. The maximum Gasteiger partial charge on any atom is 0.695 e. The van der Waals surface area contributed by atoms with Crippen molar-refractivity contribution in [3.8, 4) is 0 Å². The van der Waals surface area contributed by atoms with E-state index >= 15 is 0 Å². The lowest BCUT2D eigenvalue weighted by Crippen LogP contribution is -2.44. The number of aromatic nitrogens is 4. The molecule has 5 atom stereocenters. The molecule has 3 aromatic rings.